The van der Waals surface area contributed by atoms with Gasteiger partial charge in [0.05, 0.1) is 17.7 Å². The number of nitrogens with zero attached hydrogens (tertiary/aromatic N) is 2. The van der Waals surface area contributed by atoms with Crippen molar-refractivity contribution in [2.24, 2.45) is 0 Å². The highest BCUT2D eigenvalue weighted by Gasteiger charge is 2.12. The fourth-order valence-corrected chi connectivity index (χ4v) is 2.48. The lowest BCUT2D eigenvalue weighted by molar-refractivity contribution is -0.139. The molecule has 8 heteroatoms. The van der Waals surface area contributed by atoms with Crippen LogP contribution in [-0.4, -0.2) is 29.2 Å². The maximum Gasteiger partial charge on any atom is 0.337 e. The van der Waals surface area contributed by atoms with Crippen molar-refractivity contribution in [1.82, 2.24) is 10.1 Å². The summed E-state index contributed by atoms with van der Waals surface area (Å²) in [5, 5.41) is 4.32. The van der Waals surface area contributed by atoms with Gasteiger partial charge in [0.1, 0.15) is 0 Å². The Morgan fingerprint density at radius 3 is 2.61 bits per heavy atom. The maximum atomic E-state index is 11.8. The van der Waals surface area contributed by atoms with E-state index in [-0.39, 0.29) is 12.5 Å². The van der Waals surface area contributed by atoms with Gasteiger partial charge in [0.25, 0.3) is 5.89 Å². The van der Waals surface area contributed by atoms with E-state index in [4.69, 9.17) is 20.9 Å². The van der Waals surface area contributed by atoms with Crippen LogP contribution in [0.5, 0.6) is 0 Å². The SMILES string of the molecule is COC(=O)c1ccc(/C=C/C(=O)OCc2nc(-c3ccccc3Cl)no2)cc1. The van der Waals surface area contributed by atoms with Gasteiger partial charge in [-0.1, -0.05) is 41.0 Å². The van der Waals surface area contributed by atoms with Gasteiger partial charge in [-0.3, -0.25) is 0 Å². The van der Waals surface area contributed by atoms with Gasteiger partial charge in [-0.05, 0) is 35.9 Å². The van der Waals surface area contributed by atoms with Crippen molar-refractivity contribution < 1.29 is 23.6 Å². The zero-order valence-corrected chi connectivity index (χ0v) is 15.6. The summed E-state index contributed by atoms with van der Waals surface area (Å²) in [6.45, 7) is -0.165. The van der Waals surface area contributed by atoms with Crippen molar-refractivity contribution in [2.75, 3.05) is 7.11 Å². The van der Waals surface area contributed by atoms with Crippen molar-refractivity contribution in [3.63, 3.8) is 0 Å². The first kappa shape index (κ1) is 19.3. The van der Waals surface area contributed by atoms with Crippen LogP contribution in [0, 0.1) is 0 Å². The van der Waals surface area contributed by atoms with E-state index in [1.54, 1.807) is 54.6 Å². The number of methoxy groups -OCH3 is 1. The van der Waals surface area contributed by atoms with Gasteiger partial charge in [-0.15, -0.1) is 0 Å². The van der Waals surface area contributed by atoms with E-state index in [1.807, 2.05) is 0 Å². The number of carbonyl (C=O) groups is 2. The molecular formula is C20H15ClN2O5. The Morgan fingerprint density at radius 2 is 1.89 bits per heavy atom. The molecule has 0 aliphatic rings. The lowest BCUT2D eigenvalue weighted by Crippen LogP contribution is -2.01. The first-order valence-corrected chi connectivity index (χ1v) is 8.55. The minimum absolute atomic E-state index is 0.152. The molecule has 2 aromatic carbocycles. The number of hydrogen-bond acceptors (Lipinski definition) is 7. The number of esters is 2. The molecule has 7 nitrogen and oxygen atoms in total. The van der Waals surface area contributed by atoms with Crippen LogP contribution in [0.3, 0.4) is 0 Å². The van der Waals surface area contributed by atoms with Crippen LogP contribution in [0.2, 0.25) is 5.02 Å². The van der Waals surface area contributed by atoms with Gasteiger partial charge in [0.15, 0.2) is 6.61 Å². The van der Waals surface area contributed by atoms with E-state index < -0.39 is 11.9 Å². The van der Waals surface area contributed by atoms with Gasteiger partial charge < -0.3 is 14.0 Å². The van der Waals surface area contributed by atoms with Crippen molar-refractivity contribution in [3.05, 3.63) is 76.6 Å². The van der Waals surface area contributed by atoms with E-state index in [0.717, 1.165) is 5.56 Å². The van der Waals surface area contributed by atoms with E-state index in [0.29, 0.717) is 22.0 Å². The highest BCUT2D eigenvalue weighted by molar-refractivity contribution is 6.33. The highest BCUT2D eigenvalue weighted by atomic mass is 35.5. The van der Waals surface area contributed by atoms with Gasteiger partial charge in [-0.2, -0.15) is 4.98 Å². The van der Waals surface area contributed by atoms with Gasteiger partial charge in [-0.25, -0.2) is 9.59 Å². The van der Waals surface area contributed by atoms with Crippen LogP contribution in [0.1, 0.15) is 21.8 Å². The zero-order valence-electron chi connectivity index (χ0n) is 14.8. The topological polar surface area (TPSA) is 91.5 Å². The van der Waals surface area contributed by atoms with Gasteiger partial charge >= 0.3 is 11.9 Å². The minimum Gasteiger partial charge on any atom is -0.465 e. The third-order valence-electron chi connectivity index (χ3n) is 3.66. The Morgan fingerprint density at radius 1 is 1.14 bits per heavy atom. The number of ether oxygens (including phenoxy) is 2. The third kappa shape index (κ3) is 4.83. The van der Waals surface area contributed by atoms with Gasteiger partial charge in [0, 0.05) is 11.6 Å². The average Bonchev–Trinajstić information content (AvgIpc) is 3.19. The molecule has 28 heavy (non-hydrogen) atoms. The molecular weight excluding hydrogens is 384 g/mol. The normalized spacial score (nSPS) is 10.8. The summed E-state index contributed by atoms with van der Waals surface area (Å²) in [6.07, 6.45) is 2.82. The lowest BCUT2D eigenvalue weighted by Gasteiger charge is -1.99. The fraction of sp³-hybridized carbons (Fsp3) is 0.100. The molecule has 0 aliphatic carbocycles. The molecule has 0 spiro atoms. The molecule has 0 unspecified atom stereocenters. The van der Waals surface area contributed by atoms with Crippen molar-refractivity contribution in [2.45, 2.75) is 6.61 Å². The Kier molecular flexibility index (Phi) is 6.18. The molecule has 0 saturated carbocycles. The molecule has 1 heterocycles. The van der Waals surface area contributed by atoms with E-state index >= 15 is 0 Å². The monoisotopic (exact) mass is 398 g/mol. The van der Waals surface area contributed by atoms with Crippen LogP contribution in [0.4, 0.5) is 0 Å². The maximum absolute atomic E-state index is 11.8. The molecule has 0 atom stereocenters. The summed E-state index contributed by atoms with van der Waals surface area (Å²) in [6, 6.07) is 13.7. The first-order chi connectivity index (χ1) is 13.6. The quantitative estimate of drug-likeness (QED) is 0.458. The number of rotatable bonds is 6. The third-order valence-corrected chi connectivity index (χ3v) is 3.99. The molecule has 0 bridgehead atoms. The number of carbonyl (C=O) groups excluding carboxylic acids is 2. The van der Waals surface area contributed by atoms with Crippen molar-refractivity contribution in [3.8, 4) is 11.4 Å². The largest absolute Gasteiger partial charge is 0.465 e. The molecule has 0 saturated heterocycles. The summed E-state index contributed by atoms with van der Waals surface area (Å²) >= 11 is 6.09. The van der Waals surface area contributed by atoms with Crippen molar-refractivity contribution in [1.29, 1.82) is 0 Å². The Balaban J connectivity index is 1.55. The molecule has 3 aromatic rings. The molecule has 0 radical (unpaired) electrons. The van der Waals surface area contributed by atoms with E-state index in [9.17, 15) is 9.59 Å². The second kappa shape index (κ2) is 8.96. The Bertz CT molecular complexity index is 1010. The van der Waals surface area contributed by atoms with Crippen LogP contribution < -0.4 is 0 Å². The van der Waals surface area contributed by atoms with Gasteiger partial charge in [0.2, 0.25) is 5.82 Å². The molecule has 0 aliphatic heterocycles. The molecule has 0 N–H and O–H groups in total. The molecule has 142 valence electrons. The molecule has 1 aromatic heterocycles. The van der Waals surface area contributed by atoms with Crippen LogP contribution in [-0.2, 0) is 20.9 Å². The zero-order chi connectivity index (χ0) is 19.9. The summed E-state index contributed by atoms with van der Waals surface area (Å²) in [4.78, 5) is 27.4. The van der Waals surface area contributed by atoms with Crippen LogP contribution >= 0.6 is 11.6 Å². The predicted molar refractivity (Wildman–Crippen MR) is 101 cm³/mol. The highest BCUT2D eigenvalue weighted by Crippen LogP contribution is 2.24. The second-order valence-corrected chi connectivity index (χ2v) is 5.95. The summed E-state index contributed by atoms with van der Waals surface area (Å²) < 4.78 is 14.8. The van der Waals surface area contributed by atoms with E-state index in [1.165, 1.54) is 13.2 Å². The Hall–Kier alpha value is -3.45. The van der Waals surface area contributed by atoms with E-state index in [2.05, 4.69) is 14.9 Å². The molecule has 0 fully saturated rings. The first-order valence-electron chi connectivity index (χ1n) is 8.17. The van der Waals surface area contributed by atoms with Crippen molar-refractivity contribution >= 4 is 29.6 Å². The summed E-state index contributed by atoms with van der Waals surface area (Å²) in [5.41, 5.74) is 1.78. The number of aromatic nitrogens is 2. The molecule has 0 amide bonds. The average molecular weight is 399 g/mol. The standard InChI is InChI=1S/C20H15ClN2O5/c1-26-20(25)14-9-6-13(7-10-14)8-11-18(24)27-12-17-22-19(23-28-17)15-4-2-3-5-16(15)21/h2-11H,12H2,1H3/b11-8+. The number of benzene rings is 2. The molecule has 3 rings (SSSR count). The Labute approximate surface area is 165 Å². The summed E-state index contributed by atoms with van der Waals surface area (Å²) in [7, 11) is 1.31. The van der Waals surface area contributed by atoms with Crippen LogP contribution in [0.15, 0.2) is 59.1 Å². The summed E-state index contributed by atoms with van der Waals surface area (Å²) in [5.74, 6) is -0.530. The smallest absolute Gasteiger partial charge is 0.337 e. The predicted octanol–water partition coefficient (Wildman–Crippen LogP) is 3.93. The fourth-order valence-electron chi connectivity index (χ4n) is 2.26. The minimum atomic E-state index is -0.575. The number of hydrogen-bond donors (Lipinski definition) is 0. The lowest BCUT2D eigenvalue weighted by atomic mass is 10.1. The second-order valence-electron chi connectivity index (χ2n) is 5.55. The number of halogens is 1. The van der Waals surface area contributed by atoms with Crippen LogP contribution in [0.25, 0.3) is 17.5 Å².